The number of carbonyl (C=O) groups is 2. The molecule has 1 aliphatic heterocycles. The molecular weight excluding hydrogens is 416 g/mol. The predicted octanol–water partition coefficient (Wildman–Crippen LogP) is 4.68. The van der Waals surface area contributed by atoms with E-state index in [9.17, 15) is 9.59 Å². The number of rotatable bonds is 5. The van der Waals surface area contributed by atoms with E-state index < -0.39 is 0 Å². The summed E-state index contributed by atoms with van der Waals surface area (Å²) in [5, 5.41) is 1.71. The summed E-state index contributed by atoms with van der Waals surface area (Å²) in [5.74, 6) is 1.08. The Balaban J connectivity index is 1.06. The van der Waals surface area contributed by atoms with Crippen LogP contribution in [0.4, 0.5) is 0 Å². The molecule has 0 N–H and O–H groups in total. The molecule has 6 rings (SSSR count). The van der Waals surface area contributed by atoms with E-state index in [4.69, 9.17) is 4.42 Å². The highest BCUT2D eigenvalue weighted by Gasteiger charge is 2.54. The topological polar surface area (TPSA) is 89.2 Å². The average Bonchev–Trinajstić information content (AvgIpc) is 3.33. The molecule has 2 fully saturated rings. The second kappa shape index (κ2) is 7.76. The lowest BCUT2D eigenvalue weighted by atomic mass is 9.89. The number of nitrogens with zero attached hydrogens (tertiary/aromatic N) is 4. The normalized spacial score (nSPS) is 19.3. The minimum atomic E-state index is 0.0528. The number of Topliss-reactive ketones (excluding diaryl/α,β-unsaturated/α-hetero) is 1. The number of amides is 1. The number of hydrogen-bond donors (Lipinski definition) is 0. The largest absolute Gasteiger partial charge is 0.451 e. The van der Waals surface area contributed by atoms with Crippen LogP contribution in [0.5, 0.6) is 0 Å². The average molecular weight is 441 g/mol. The highest BCUT2D eigenvalue weighted by Crippen LogP contribution is 2.61. The van der Waals surface area contributed by atoms with Crippen molar-refractivity contribution in [2.75, 3.05) is 13.1 Å². The maximum atomic E-state index is 13.2. The molecule has 5 heterocycles. The van der Waals surface area contributed by atoms with Crippen LogP contribution in [0.15, 0.2) is 59.5 Å². The molecule has 33 heavy (non-hydrogen) atoms. The lowest BCUT2D eigenvalue weighted by Crippen LogP contribution is -2.39. The number of furan rings is 1. The molecule has 0 bridgehead atoms. The van der Waals surface area contributed by atoms with Gasteiger partial charge in [-0.1, -0.05) is 0 Å². The summed E-state index contributed by atoms with van der Waals surface area (Å²) in [7, 11) is 0. The molecule has 4 aromatic heterocycles. The van der Waals surface area contributed by atoms with Gasteiger partial charge in [-0.15, -0.1) is 0 Å². The Labute approximate surface area is 190 Å². The van der Waals surface area contributed by atoms with Crippen molar-refractivity contribution in [1.82, 2.24) is 19.9 Å². The molecule has 7 nitrogen and oxygen atoms in total. The van der Waals surface area contributed by atoms with E-state index in [0.29, 0.717) is 34.9 Å². The molecule has 0 aromatic carbocycles. The van der Waals surface area contributed by atoms with Crippen LogP contribution in [0, 0.1) is 11.3 Å². The SMILES string of the molecule is O=C(CCC1CC12CCN(C(=O)c1ccnc3ncccc13)CC2)c1cc2ccncc2o1. The first-order valence-electron chi connectivity index (χ1n) is 11.5. The Morgan fingerprint density at radius 3 is 2.79 bits per heavy atom. The zero-order valence-corrected chi connectivity index (χ0v) is 18.2. The summed E-state index contributed by atoms with van der Waals surface area (Å²) in [5.41, 5.74) is 2.21. The molecular formula is C26H24N4O3. The fraction of sp³-hybridized carbons (Fsp3) is 0.346. The summed E-state index contributed by atoms with van der Waals surface area (Å²) in [6.45, 7) is 1.51. The van der Waals surface area contributed by atoms with Gasteiger partial charge in [-0.2, -0.15) is 0 Å². The standard InChI is InChI=1S/C26H24N4O3/c31-21(22-14-17-5-10-27-16-23(17)33-22)4-3-18-15-26(18)7-12-30(13-8-26)25(32)20-6-11-29-24-19(20)2-1-9-28-24/h1-2,5-6,9-11,14,16,18H,3-4,7-8,12-13,15H2. The van der Waals surface area contributed by atoms with Crippen LogP contribution in [0.1, 0.15) is 53.0 Å². The van der Waals surface area contributed by atoms with Gasteiger partial charge in [-0.05, 0) is 67.3 Å². The minimum Gasteiger partial charge on any atom is -0.451 e. The second-order valence-corrected chi connectivity index (χ2v) is 9.27. The summed E-state index contributed by atoms with van der Waals surface area (Å²) in [6.07, 6.45) is 11.2. The van der Waals surface area contributed by atoms with Gasteiger partial charge >= 0.3 is 0 Å². The number of hydrogen-bond acceptors (Lipinski definition) is 6. The molecule has 1 saturated heterocycles. The lowest BCUT2D eigenvalue weighted by Gasteiger charge is -2.33. The first-order chi connectivity index (χ1) is 16.1. The fourth-order valence-electron chi connectivity index (χ4n) is 5.40. The third-order valence-electron chi connectivity index (χ3n) is 7.47. The van der Waals surface area contributed by atoms with Gasteiger partial charge in [0, 0.05) is 48.9 Å². The molecule has 1 spiro atoms. The zero-order valence-electron chi connectivity index (χ0n) is 18.2. The number of carbonyl (C=O) groups excluding carboxylic acids is 2. The molecule has 1 amide bonds. The number of aromatic nitrogens is 3. The lowest BCUT2D eigenvalue weighted by molar-refractivity contribution is 0.0669. The van der Waals surface area contributed by atoms with Crippen LogP contribution < -0.4 is 0 Å². The van der Waals surface area contributed by atoms with Gasteiger partial charge in [0.25, 0.3) is 5.91 Å². The number of piperidine rings is 1. The smallest absolute Gasteiger partial charge is 0.254 e. The van der Waals surface area contributed by atoms with Crippen molar-refractivity contribution in [1.29, 1.82) is 0 Å². The van der Waals surface area contributed by atoms with E-state index >= 15 is 0 Å². The van der Waals surface area contributed by atoms with Crippen LogP contribution in [-0.4, -0.2) is 44.6 Å². The van der Waals surface area contributed by atoms with Gasteiger partial charge in [0.15, 0.2) is 22.8 Å². The van der Waals surface area contributed by atoms with Crippen molar-refractivity contribution in [3.05, 3.63) is 66.4 Å². The number of pyridine rings is 3. The van der Waals surface area contributed by atoms with Crippen LogP contribution in [0.2, 0.25) is 0 Å². The van der Waals surface area contributed by atoms with E-state index in [0.717, 1.165) is 49.5 Å². The minimum absolute atomic E-state index is 0.0528. The number of likely N-dealkylation sites (tertiary alicyclic amines) is 1. The van der Waals surface area contributed by atoms with Crippen molar-refractivity contribution in [3.63, 3.8) is 0 Å². The highest BCUT2D eigenvalue weighted by atomic mass is 16.3. The maximum absolute atomic E-state index is 13.2. The van der Waals surface area contributed by atoms with E-state index in [1.54, 1.807) is 30.9 Å². The third kappa shape index (κ3) is 3.57. The van der Waals surface area contributed by atoms with E-state index in [1.165, 1.54) is 0 Å². The van der Waals surface area contributed by atoms with Gasteiger partial charge < -0.3 is 9.32 Å². The van der Waals surface area contributed by atoms with Gasteiger partial charge in [-0.25, -0.2) is 9.97 Å². The number of ketones is 1. The molecule has 0 radical (unpaired) electrons. The van der Waals surface area contributed by atoms with Gasteiger partial charge in [-0.3, -0.25) is 14.6 Å². The Morgan fingerprint density at radius 2 is 1.94 bits per heavy atom. The summed E-state index contributed by atoms with van der Waals surface area (Å²) < 4.78 is 5.67. The molecule has 1 aliphatic carbocycles. The van der Waals surface area contributed by atoms with Crippen LogP contribution in [0.25, 0.3) is 22.0 Å². The molecule has 166 valence electrons. The van der Waals surface area contributed by atoms with Gasteiger partial charge in [0.1, 0.15) is 0 Å². The Morgan fingerprint density at radius 1 is 1.09 bits per heavy atom. The van der Waals surface area contributed by atoms with Crippen LogP contribution in [0.3, 0.4) is 0 Å². The molecule has 2 aliphatic rings. The van der Waals surface area contributed by atoms with Gasteiger partial charge in [0.2, 0.25) is 0 Å². The van der Waals surface area contributed by atoms with E-state index in [1.807, 2.05) is 29.2 Å². The Hall–Kier alpha value is -3.61. The van der Waals surface area contributed by atoms with Crippen molar-refractivity contribution < 1.29 is 14.0 Å². The van der Waals surface area contributed by atoms with Crippen LogP contribution >= 0.6 is 0 Å². The highest BCUT2D eigenvalue weighted by molar-refractivity contribution is 6.05. The first-order valence-corrected chi connectivity index (χ1v) is 11.5. The summed E-state index contributed by atoms with van der Waals surface area (Å²) in [6, 6.07) is 9.19. The van der Waals surface area contributed by atoms with Gasteiger partial charge in [0.05, 0.1) is 11.8 Å². The van der Waals surface area contributed by atoms with Crippen molar-refractivity contribution in [2.24, 2.45) is 11.3 Å². The first kappa shape index (κ1) is 20.0. The second-order valence-electron chi connectivity index (χ2n) is 9.27. The van der Waals surface area contributed by atoms with E-state index in [2.05, 4.69) is 15.0 Å². The van der Waals surface area contributed by atoms with Crippen molar-refractivity contribution >= 4 is 33.7 Å². The molecule has 1 unspecified atom stereocenters. The quantitative estimate of drug-likeness (QED) is 0.419. The van der Waals surface area contributed by atoms with E-state index in [-0.39, 0.29) is 17.1 Å². The predicted molar refractivity (Wildman–Crippen MR) is 123 cm³/mol. The zero-order chi connectivity index (χ0) is 22.4. The van der Waals surface area contributed by atoms with Crippen molar-refractivity contribution in [2.45, 2.75) is 32.1 Å². The Bertz CT molecular complexity index is 1330. The monoisotopic (exact) mass is 440 g/mol. The van der Waals surface area contributed by atoms with Crippen molar-refractivity contribution in [3.8, 4) is 0 Å². The summed E-state index contributed by atoms with van der Waals surface area (Å²) >= 11 is 0. The molecule has 1 saturated carbocycles. The van der Waals surface area contributed by atoms with Crippen LogP contribution in [-0.2, 0) is 0 Å². The molecule has 1 atom stereocenters. The molecule has 7 heteroatoms. The third-order valence-corrected chi connectivity index (χ3v) is 7.47. The fourth-order valence-corrected chi connectivity index (χ4v) is 5.40. The molecule has 4 aromatic rings. The summed E-state index contributed by atoms with van der Waals surface area (Å²) in [4.78, 5) is 40.3. The Kier molecular flexibility index (Phi) is 4.71. The maximum Gasteiger partial charge on any atom is 0.254 e. The number of fused-ring (bicyclic) bond motifs is 2.